The lowest BCUT2D eigenvalue weighted by Crippen LogP contribution is -2.47. The molecular weight excluding hydrogens is 278 g/mol. The van der Waals surface area contributed by atoms with E-state index in [0.29, 0.717) is 12.5 Å². The lowest BCUT2D eigenvalue weighted by Gasteiger charge is -2.27. The monoisotopic (exact) mass is 305 g/mol. The summed E-state index contributed by atoms with van der Waals surface area (Å²) in [5.41, 5.74) is 0.758. The van der Waals surface area contributed by atoms with Crippen molar-refractivity contribution in [3.63, 3.8) is 0 Å². The van der Waals surface area contributed by atoms with E-state index in [-0.39, 0.29) is 0 Å². The van der Waals surface area contributed by atoms with Gasteiger partial charge in [-0.15, -0.1) is 0 Å². The quantitative estimate of drug-likeness (QED) is 0.648. The third-order valence-corrected chi connectivity index (χ3v) is 5.01. The van der Waals surface area contributed by atoms with Gasteiger partial charge in [-0.2, -0.15) is 5.10 Å². The Morgan fingerprint density at radius 2 is 2.27 bits per heavy atom. The largest absolute Gasteiger partial charge is 0.388 e. The molecule has 2 aliphatic rings. The van der Waals surface area contributed by atoms with Crippen molar-refractivity contribution in [1.29, 1.82) is 0 Å². The highest BCUT2D eigenvalue weighted by atomic mass is 16.3. The minimum absolute atomic E-state index is 0.516. The zero-order valence-corrected chi connectivity index (χ0v) is 13.6. The Balaban J connectivity index is 1.56. The fourth-order valence-electron chi connectivity index (χ4n) is 3.66. The summed E-state index contributed by atoms with van der Waals surface area (Å²) in [5.74, 6) is 1.42. The number of guanidine groups is 1. The number of aryl methyl sites for hydroxylation is 1. The second-order valence-electron chi connectivity index (χ2n) is 6.71. The molecule has 22 heavy (non-hydrogen) atoms. The second-order valence-corrected chi connectivity index (χ2v) is 6.71. The Labute approximate surface area is 132 Å². The molecule has 2 fully saturated rings. The molecule has 1 atom stereocenters. The first-order valence-corrected chi connectivity index (χ1v) is 8.26. The van der Waals surface area contributed by atoms with Crippen molar-refractivity contribution >= 4 is 5.96 Å². The Bertz CT molecular complexity index is 532. The highest BCUT2D eigenvalue weighted by molar-refractivity contribution is 5.80. The summed E-state index contributed by atoms with van der Waals surface area (Å²) in [6.07, 6.45) is 9.24. The first-order valence-electron chi connectivity index (χ1n) is 8.26. The Hall–Kier alpha value is -1.56. The summed E-state index contributed by atoms with van der Waals surface area (Å²) in [4.78, 5) is 6.68. The van der Waals surface area contributed by atoms with E-state index in [0.717, 1.165) is 51.2 Å². The van der Waals surface area contributed by atoms with Crippen LogP contribution in [-0.4, -0.2) is 58.0 Å². The van der Waals surface area contributed by atoms with Crippen molar-refractivity contribution in [3.8, 4) is 0 Å². The van der Waals surface area contributed by atoms with Gasteiger partial charge in [0.15, 0.2) is 5.96 Å². The maximum atomic E-state index is 10.5. The summed E-state index contributed by atoms with van der Waals surface area (Å²) >= 11 is 0. The standard InChI is InChI=1S/C16H27N5O/c1-17-15(18-12-16(22)6-3-4-7-16)21-8-5-13(11-21)14-9-19-20(2)10-14/h9-10,13,22H,3-8,11-12H2,1-2H3,(H,17,18). The predicted molar refractivity (Wildman–Crippen MR) is 86.9 cm³/mol. The summed E-state index contributed by atoms with van der Waals surface area (Å²) in [5, 5.41) is 18.1. The van der Waals surface area contributed by atoms with Crippen LogP contribution in [0.25, 0.3) is 0 Å². The Kier molecular flexibility index (Phi) is 4.38. The molecule has 1 saturated heterocycles. The first-order chi connectivity index (χ1) is 10.6. The molecule has 6 nitrogen and oxygen atoms in total. The maximum Gasteiger partial charge on any atom is 0.193 e. The topological polar surface area (TPSA) is 65.7 Å². The lowest BCUT2D eigenvalue weighted by molar-refractivity contribution is 0.0516. The predicted octanol–water partition coefficient (Wildman–Crippen LogP) is 1.09. The number of hydrogen-bond donors (Lipinski definition) is 2. The molecule has 1 aliphatic carbocycles. The molecule has 1 aromatic rings. The molecule has 2 N–H and O–H groups in total. The third-order valence-electron chi connectivity index (χ3n) is 5.01. The van der Waals surface area contributed by atoms with Crippen molar-refractivity contribution < 1.29 is 5.11 Å². The molecule has 0 amide bonds. The van der Waals surface area contributed by atoms with Crippen LogP contribution < -0.4 is 5.32 Å². The maximum absolute atomic E-state index is 10.5. The van der Waals surface area contributed by atoms with Gasteiger partial charge in [0, 0.05) is 45.8 Å². The number of nitrogens with one attached hydrogen (secondary N) is 1. The highest BCUT2D eigenvalue weighted by Gasteiger charge is 2.32. The van der Waals surface area contributed by atoms with Crippen molar-refractivity contribution in [2.45, 2.75) is 43.6 Å². The number of nitrogens with zero attached hydrogens (tertiary/aromatic N) is 4. The molecule has 3 rings (SSSR count). The van der Waals surface area contributed by atoms with Gasteiger partial charge in [-0.3, -0.25) is 9.67 Å². The molecule has 0 bridgehead atoms. The highest BCUT2D eigenvalue weighted by Crippen LogP contribution is 2.29. The molecule has 1 saturated carbocycles. The zero-order valence-electron chi connectivity index (χ0n) is 13.6. The van der Waals surface area contributed by atoms with E-state index in [1.807, 2.05) is 25.0 Å². The fraction of sp³-hybridized carbons (Fsp3) is 0.750. The fourth-order valence-corrected chi connectivity index (χ4v) is 3.66. The van der Waals surface area contributed by atoms with E-state index in [2.05, 4.69) is 26.5 Å². The second kappa shape index (κ2) is 6.28. The van der Waals surface area contributed by atoms with Gasteiger partial charge in [-0.05, 0) is 24.8 Å². The lowest BCUT2D eigenvalue weighted by atomic mass is 10.0. The number of aliphatic imine (C=N–C) groups is 1. The van der Waals surface area contributed by atoms with E-state index in [1.165, 1.54) is 5.56 Å². The smallest absolute Gasteiger partial charge is 0.193 e. The number of hydrogen-bond acceptors (Lipinski definition) is 3. The van der Waals surface area contributed by atoms with Crippen molar-refractivity contribution in [2.75, 3.05) is 26.7 Å². The van der Waals surface area contributed by atoms with Crippen molar-refractivity contribution in [2.24, 2.45) is 12.0 Å². The molecule has 0 radical (unpaired) electrons. The van der Waals surface area contributed by atoms with Crippen LogP contribution in [0.1, 0.15) is 43.6 Å². The minimum atomic E-state index is -0.543. The Morgan fingerprint density at radius 1 is 1.50 bits per heavy atom. The SMILES string of the molecule is CN=C(NCC1(O)CCCC1)N1CCC(c2cnn(C)c2)C1. The normalized spacial score (nSPS) is 25.0. The summed E-state index contributed by atoms with van der Waals surface area (Å²) in [6.45, 7) is 2.56. The molecule has 0 aromatic carbocycles. The van der Waals surface area contributed by atoms with Gasteiger partial charge in [-0.25, -0.2) is 0 Å². The van der Waals surface area contributed by atoms with Crippen LogP contribution in [0.4, 0.5) is 0 Å². The zero-order chi connectivity index (χ0) is 15.6. The van der Waals surface area contributed by atoms with Gasteiger partial charge in [-0.1, -0.05) is 12.8 Å². The number of aromatic nitrogens is 2. The third kappa shape index (κ3) is 3.27. The average molecular weight is 305 g/mol. The molecule has 1 aliphatic heterocycles. The molecule has 122 valence electrons. The van der Waals surface area contributed by atoms with E-state index >= 15 is 0 Å². The van der Waals surface area contributed by atoms with Gasteiger partial charge in [0.2, 0.25) is 0 Å². The first kappa shape index (κ1) is 15.3. The van der Waals surface area contributed by atoms with Crippen LogP contribution in [-0.2, 0) is 7.05 Å². The van der Waals surface area contributed by atoms with Crippen LogP contribution in [0.3, 0.4) is 0 Å². The number of likely N-dealkylation sites (tertiary alicyclic amines) is 1. The Morgan fingerprint density at radius 3 is 2.91 bits per heavy atom. The van der Waals surface area contributed by atoms with Crippen LogP contribution in [0, 0.1) is 0 Å². The summed E-state index contributed by atoms with van der Waals surface area (Å²) < 4.78 is 1.86. The minimum Gasteiger partial charge on any atom is -0.388 e. The molecule has 2 heterocycles. The summed E-state index contributed by atoms with van der Waals surface area (Å²) in [6, 6.07) is 0. The van der Waals surface area contributed by atoms with Crippen LogP contribution in [0.15, 0.2) is 17.4 Å². The summed E-state index contributed by atoms with van der Waals surface area (Å²) in [7, 11) is 3.78. The van der Waals surface area contributed by atoms with E-state index in [9.17, 15) is 5.11 Å². The van der Waals surface area contributed by atoms with Crippen LogP contribution in [0.2, 0.25) is 0 Å². The molecule has 1 aromatic heterocycles. The van der Waals surface area contributed by atoms with Crippen LogP contribution in [0.5, 0.6) is 0 Å². The van der Waals surface area contributed by atoms with E-state index in [1.54, 1.807) is 0 Å². The van der Waals surface area contributed by atoms with Gasteiger partial charge in [0.25, 0.3) is 0 Å². The van der Waals surface area contributed by atoms with Gasteiger partial charge < -0.3 is 15.3 Å². The number of rotatable bonds is 3. The number of aliphatic hydroxyl groups is 1. The molecule has 1 unspecified atom stereocenters. The van der Waals surface area contributed by atoms with Crippen LogP contribution >= 0.6 is 0 Å². The van der Waals surface area contributed by atoms with Gasteiger partial charge in [0.1, 0.15) is 0 Å². The molecule has 6 heteroatoms. The molecule has 0 spiro atoms. The van der Waals surface area contributed by atoms with Crippen molar-refractivity contribution in [3.05, 3.63) is 18.0 Å². The van der Waals surface area contributed by atoms with Crippen molar-refractivity contribution in [1.82, 2.24) is 20.0 Å². The van der Waals surface area contributed by atoms with E-state index < -0.39 is 5.60 Å². The van der Waals surface area contributed by atoms with Gasteiger partial charge in [0.05, 0.1) is 11.8 Å². The van der Waals surface area contributed by atoms with E-state index in [4.69, 9.17) is 0 Å². The average Bonchev–Trinajstić information content (AvgIpc) is 3.21. The molecular formula is C16H27N5O. The van der Waals surface area contributed by atoms with Gasteiger partial charge >= 0.3 is 0 Å².